The standard InChI is InChI=1S/C67H87N8O33P3S2/c1-67(2,3)63(103-39-43-38-74(65-57(43)64(70)71-41-72-65)56-37-53(77)55(105-56)40-104-110(85,86)108-111(87,88)107-109(82,83)84)49-36-54(94-4)42(35-52(49)75(80)81)9-5-6-10-44(76)17-19-95-21-23-97-25-27-99-29-31-101-33-34-102-32-30-100-28-26-98-24-22-96-20-18-73-112(89,90)61-50(68)15-13-47-58(45-11-7-8-12-46(45)66(78)79)48-14-16-51(69)62(113(91,92)93)60(48)106-59(47)61/h7-8,11-16,35-36,38,41,53,55-56,63,69,73,77H,6,10,17-34,37,39-40,68H2,1-4H3,(H,78,79)(H,85,86)(H,87,88)(H2,70,71,72)(H2,82,83,84)(H,91,92,93)/t53-,55-,56-,63-/m1/s1. The Morgan fingerprint density at radius 3 is 1.95 bits per heavy atom. The monoisotopic (exact) mass is 1690 g/mol. The topological polar surface area (TPSA) is 599 Å². The Morgan fingerprint density at radius 1 is 0.788 bits per heavy atom. The molecule has 0 saturated carbocycles. The molecule has 46 heteroatoms. The summed E-state index contributed by atoms with van der Waals surface area (Å²) in [6.07, 6.45) is -1.99. The number of aliphatic hydroxyl groups excluding tert-OH is 1. The summed E-state index contributed by atoms with van der Waals surface area (Å²) in [5.74, 6) is 3.92. The van der Waals surface area contributed by atoms with Crippen LogP contribution in [0.3, 0.4) is 0 Å². The number of carboxylic acid groups (broad SMARTS) is 1. The van der Waals surface area contributed by atoms with Gasteiger partial charge in [0.2, 0.25) is 10.0 Å². The van der Waals surface area contributed by atoms with Crippen molar-refractivity contribution in [1.29, 1.82) is 5.41 Å². The molecule has 1 saturated heterocycles. The summed E-state index contributed by atoms with van der Waals surface area (Å²) in [7, 11) is -25.4. The number of nitrogens with two attached hydrogens (primary N) is 2. The van der Waals surface area contributed by atoms with E-state index in [0.717, 1.165) is 12.4 Å². The maximum Gasteiger partial charge on any atom is 0.490 e. The lowest BCUT2D eigenvalue weighted by Crippen LogP contribution is -2.29. The Hall–Kier alpha value is -7.74. The summed E-state index contributed by atoms with van der Waals surface area (Å²) in [6.45, 7) is 7.77. The quantitative estimate of drug-likeness (QED) is 0.00306. The van der Waals surface area contributed by atoms with Crippen molar-refractivity contribution in [2.45, 2.75) is 87.4 Å². The van der Waals surface area contributed by atoms with Crippen LogP contribution in [0.15, 0.2) is 87.4 Å². The van der Waals surface area contributed by atoms with Gasteiger partial charge in [-0.25, -0.2) is 41.6 Å². The molecule has 0 bridgehead atoms. The first kappa shape index (κ1) is 90.8. The number of nitro benzene ring substituents is 1. The highest BCUT2D eigenvalue weighted by atomic mass is 32.2. The highest BCUT2D eigenvalue weighted by molar-refractivity contribution is 7.90. The number of ether oxygens (including phenoxy) is 11. The molecule has 0 radical (unpaired) electrons. The van der Waals surface area contributed by atoms with E-state index in [1.807, 2.05) is 0 Å². The number of benzene rings is 4. The molecule has 2 aliphatic heterocycles. The summed E-state index contributed by atoms with van der Waals surface area (Å²) in [4.78, 5) is 81.1. The highest BCUT2D eigenvalue weighted by Gasteiger charge is 2.44. The van der Waals surface area contributed by atoms with Gasteiger partial charge in [0.25, 0.3) is 15.8 Å². The van der Waals surface area contributed by atoms with Gasteiger partial charge in [0.15, 0.2) is 16.2 Å². The fraction of sp³-hybridized carbons (Fsp3) is 0.478. The van der Waals surface area contributed by atoms with E-state index in [0.29, 0.717) is 58.4 Å². The molecule has 5 aromatic rings. The number of aromatic carboxylic acids is 1. The van der Waals surface area contributed by atoms with Crippen LogP contribution >= 0.6 is 23.5 Å². The fourth-order valence-corrected chi connectivity index (χ4v) is 16.6. The number of ketones is 1. The first-order valence-electron chi connectivity index (χ1n) is 34.4. The van der Waals surface area contributed by atoms with E-state index >= 15 is 0 Å². The second-order valence-electron chi connectivity index (χ2n) is 25.6. The summed E-state index contributed by atoms with van der Waals surface area (Å²) in [5.41, 5.74) is 11.4. The zero-order valence-electron chi connectivity index (χ0n) is 61.3. The number of hydrogen-bond acceptors (Lipinski definition) is 32. The molecule has 1 aliphatic carbocycles. The van der Waals surface area contributed by atoms with E-state index in [9.17, 15) is 74.8 Å². The maximum atomic E-state index is 13.9. The van der Waals surface area contributed by atoms with Crippen LogP contribution in [0.2, 0.25) is 0 Å². The van der Waals surface area contributed by atoms with Crippen molar-refractivity contribution in [3.63, 3.8) is 0 Å². The van der Waals surface area contributed by atoms with Crippen LogP contribution in [0.5, 0.6) is 5.75 Å². The Kier molecular flexibility index (Phi) is 33.1. The minimum atomic E-state index is -5.82. The molecular weight excluding hydrogens is 1600 g/mol. The van der Waals surface area contributed by atoms with Crippen molar-refractivity contribution in [1.82, 2.24) is 19.3 Å². The predicted molar refractivity (Wildman–Crippen MR) is 396 cm³/mol. The lowest BCUT2D eigenvalue weighted by atomic mass is 9.83. The number of rotatable bonds is 48. The molecule has 0 amide bonds. The largest absolute Gasteiger partial charge is 0.495 e. The van der Waals surface area contributed by atoms with Crippen LogP contribution in [-0.2, 0) is 106 Å². The van der Waals surface area contributed by atoms with E-state index in [1.54, 1.807) is 20.8 Å². The minimum absolute atomic E-state index is 0.00439. The first-order chi connectivity index (χ1) is 53.4. The first-order valence-corrected chi connectivity index (χ1v) is 41.8. The number of methoxy groups -OCH3 is 1. The van der Waals surface area contributed by atoms with Crippen LogP contribution in [0.4, 0.5) is 17.2 Å². The molecule has 620 valence electrons. The molecule has 1 fully saturated rings. The second kappa shape index (κ2) is 41.2. The highest BCUT2D eigenvalue weighted by Crippen LogP contribution is 2.66. The Labute approximate surface area is 646 Å². The Morgan fingerprint density at radius 2 is 1.38 bits per heavy atom. The Bertz CT molecular complexity index is 4970. The SMILES string of the molecule is COc1cc([C@@H](OCc2cn([C@H]3C[C@@H](O)[C@@H](COP(=O)(O)OP(=O)(O)OP(=O)(O)O)O3)c3ncnc(N)c23)C(C)(C)C)c([N+](=O)[O-])cc1C#CCCC(=O)CCOCCOCCOCCOCCOCCOCCOCCOCCNS(=O)(=O)c1c(N)ccc2c(-c3ccccc3C(=O)O)c3ccc(=N)c(S(=O)(=O)O)c-3oc12. The zero-order chi connectivity index (χ0) is 82.5. The van der Waals surface area contributed by atoms with Gasteiger partial charge in [0.1, 0.15) is 46.6 Å². The summed E-state index contributed by atoms with van der Waals surface area (Å²) in [5, 5.41) is 41.6. The average molecular weight is 1690 g/mol. The molecule has 6 atom stereocenters. The lowest BCUT2D eigenvalue weighted by molar-refractivity contribution is -0.386. The van der Waals surface area contributed by atoms with E-state index in [1.165, 1.54) is 72.5 Å². The fourth-order valence-electron chi connectivity index (χ4n) is 11.5. The van der Waals surface area contributed by atoms with Crippen molar-refractivity contribution < 1.29 is 149 Å². The molecule has 2 aromatic heterocycles. The number of nitrogens with zero attached hydrogens (tertiary/aromatic N) is 4. The number of hydrogen-bond donors (Lipinski definition) is 11. The molecule has 0 spiro atoms. The van der Waals surface area contributed by atoms with Gasteiger partial charge in [-0.1, -0.05) is 50.8 Å². The summed E-state index contributed by atoms with van der Waals surface area (Å²) < 4.78 is 182. The Balaban J connectivity index is 0.647. The number of nitro groups is 1. The molecular formula is C67H87N8O33P3S2. The third-order valence-electron chi connectivity index (χ3n) is 16.4. The van der Waals surface area contributed by atoms with Gasteiger partial charge in [-0.15, -0.1) is 0 Å². The third-order valence-corrected chi connectivity index (χ3v) is 22.7. The smallest absolute Gasteiger partial charge is 0.490 e. The normalized spacial score (nSPS) is 16.3. The van der Waals surface area contributed by atoms with Crippen LogP contribution in [-0.4, -0.2) is 221 Å². The van der Waals surface area contributed by atoms with Gasteiger partial charge < -0.3 is 102 Å². The summed E-state index contributed by atoms with van der Waals surface area (Å²) >= 11 is 0. The van der Waals surface area contributed by atoms with Crippen LogP contribution in [0, 0.1) is 32.8 Å². The van der Waals surface area contributed by atoms with Gasteiger partial charge in [-0.3, -0.25) is 29.4 Å². The average Bonchev–Trinajstić information content (AvgIpc) is 1.43. The number of sulfonamides is 1. The number of phosphoric acid groups is 3. The van der Waals surface area contributed by atoms with E-state index in [4.69, 9.17) is 83.2 Å². The van der Waals surface area contributed by atoms with Gasteiger partial charge in [0, 0.05) is 66.6 Å². The number of nitrogens with one attached hydrogen (secondary N) is 2. The number of phosphoric ester groups is 1. The van der Waals surface area contributed by atoms with E-state index in [-0.39, 0.29) is 170 Å². The van der Waals surface area contributed by atoms with Gasteiger partial charge >= 0.3 is 29.4 Å². The number of nitrogen functional groups attached to an aromatic ring is 2. The second-order valence-corrected chi connectivity index (χ2v) is 33.1. The van der Waals surface area contributed by atoms with Gasteiger partial charge in [-0.2, -0.15) is 17.0 Å². The molecule has 3 aliphatic rings. The molecule has 41 nitrogen and oxygen atoms in total. The molecule has 8 rings (SSSR count). The number of aromatic nitrogens is 3. The number of aliphatic hydroxyl groups is 1. The molecule has 3 aromatic carbocycles. The third kappa shape index (κ3) is 26.1. The number of fused-ring (bicyclic) bond motifs is 3. The number of Topliss-reactive ketones (excluding diaryl/α,β-unsaturated/α-hetero) is 1. The minimum Gasteiger partial charge on any atom is -0.495 e. The van der Waals surface area contributed by atoms with E-state index < -0.39 is 118 Å². The van der Waals surface area contributed by atoms with Gasteiger partial charge in [0.05, 0.1) is 176 Å². The van der Waals surface area contributed by atoms with Crippen molar-refractivity contribution >= 4 is 94.6 Å². The van der Waals surface area contributed by atoms with Gasteiger partial charge in [-0.05, 0) is 47.4 Å². The lowest BCUT2D eigenvalue weighted by Gasteiger charge is -2.31. The molecule has 113 heavy (non-hydrogen) atoms. The summed E-state index contributed by atoms with van der Waals surface area (Å²) in [6, 6.07) is 13.5. The van der Waals surface area contributed by atoms with E-state index in [2.05, 4.69) is 39.7 Å². The maximum absolute atomic E-state index is 13.9. The number of carbonyl (C=O) groups is 2. The van der Waals surface area contributed by atoms with Crippen molar-refractivity contribution in [3.8, 4) is 40.0 Å². The van der Waals surface area contributed by atoms with Crippen LogP contribution in [0.25, 0.3) is 44.5 Å². The molecule has 13 N–H and O–H groups in total. The van der Waals surface area contributed by atoms with Crippen molar-refractivity contribution in [2.24, 2.45) is 5.41 Å². The number of carboxylic acids is 1. The number of anilines is 2. The molecule has 2 unspecified atom stereocenters. The van der Waals surface area contributed by atoms with Crippen LogP contribution in [0.1, 0.15) is 85.8 Å². The van der Waals surface area contributed by atoms with Crippen molar-refractivity contribution in [2.75, 3.05) is 137 Å². The number of carbonyl (C=O) groups excluding carboxylic acids is 1. The predicted octanol–water partition coefficient (Wildman–Crippen LogP) is 5.95. The van der Waals surface area contributed by atoms with Crippen LogP contribution < -0.4 is 26.3 Å². The zero-order valence-corrected chi connectivity index (χ0v) is 65.7. The molecule has 4 heterocycles. The van der Waals surface area contributed by atoms with Crippen molar-refractivity contribution in [3.05, 3.63) is 111 Å².